The monoisotopic (exact) mass is 338 g/mol. The number of methoxy groups -OCH3 is 3. The molecule has 0 fully saturated rings. The van der Waals surface area contributed by atoms with Gasteiger partial charge in [0.25, 0.3) is 5.91 Å². The number of halogens is 1. The Morgan fingerprint density at radius 2 is 2.09 bits per heavy atom. The van der Waals surface area contributed by atoms with E-state index in [2.05, 4.69) is 5.32 Å². The van der Waals surface area contributed by atoms with E-state index in [9.17, 15) is 10.1 Å². The van der Waals surface area contributed by atoms with Gasteiger partial charge in [-0.1, -0.05) is 11.6 Å². The van der Waals surface area contributed by atoms with Gasteiger partial charge in [-0.3, -0.25) is 4.79 Å². The normalized spacial score (nSPS) is 12.3. The van der Waals surface area contributed by atoms with Gasteiger partial charge in [0.15, 0.2) is 11.5 Å². The SMILES string of the molecule is COCC(C)NC(=O)/C(C#N)=C\c1cc(Cl)c(OC)c(OC)c1. The van der Waals surface area contributed by atoms with Crippen molar-refractivity contribution in [3.8, 4) is 17.6 Å². The van der Waals surface area contributed by atoms with Crippen LogP contribution in [0.2, 0.25) is 5.02 Å². The molecule has 0 radical (unpaired) electrons. The minimum absolute atomic E-state index is 0.0451. The number of amides is 1. The van der Waals surface area contributed by atoms with Gasteiger partial charge in [0, 0.05) is 13.2 Å². The lowest BCUT2D eigenvalue weighted by molar-refractivity contribution is -0.117. The summed E-state index contributed by atoms with van der Waals surface area (Å²) in [6.07, 6.45) is 1.43. The maximum Gasteiger partial charge on any atom is 0.262 e. The third-order valence-corrected chi connectivity index (χ3v) is 3.21. The van der Waals surface area contributed by atoms with Crippen molar-refractivity contribution < 1.29 is 19.0 Å². The Hall–Kier alpha value is -2.23. The summed E-state index contributed by atoms with van der Waals surface area (Å²) in [6.45, 7) is 2.14. The van der Waals surface area contributed by atoms with Crippen molar-refractivity contribution in [3.05, 3.63) is 28.3 Å². The number of nitrogens with one attached hydrogen (secondary N) is 1. The predicted octanol–water partition coefficient (Wildman–Crippen LogP) is 2.42. The first-order valence-electron chi connectivity index (χ1n) is 6.79. The number of hydrogen-bond acceptors (Lipinski definition) is 5. The van der Waals surface area contributed by atoms with E-state index in [0.29, 0.717) is 28.7 Å². The zero-order valence-corrected chi connectivity index (χ0v) is 14.2. The lowest BCUT2D eigenvalue weighted by Crippen LogP contribution is -2.36. The molecule has 1 atom stereocenters. The van der Waals surface area contributed by atoms with Crippen LogP contribution in [0.4, 0.5) is 0 Å². The van der Waals surface area contributed by atoms with E-state index in [-0.39, 0.29) is 11.6 Å². The maximum atomic E-state index is 12.1. The fourth-order valence-electron chi connectivity index (χ4n) is 1.93. The Labute approximate surface area is 140 Å². The molecule has 0 heterocycles. The summed E-state index contributed by atoms with van der Waals surface area (Å²) in [7, 11) is 4.49. The van der Waals surface area contributed by atoms with E-state index in [0.717, 1.165) is 0 Å². The van der Waals surface area contributed by atoms with Crippen LogP contribution in [0.3, 0.4) is 0 Å². The van der Waals surface area contributed by atoms with Crippen molar-refractivity contribution in [2.75, 3.05) is 27.9 Å². The van der Waals surface area contributed by atoms with Crippen LogP contribution in [-0.4, -0.2) is 39.9 Å². The molecule has 1 rings (SSSR count). The number of nitriles is 1. The molecule has 124 valence electrons. The second kappa shape index (κ2) is 9.03. The highest BCUT2D eigenvalue weighted by Gasteiger charge is 2.14. The van der Waals surface area contributed by atoms with E-state index in [1.807, 2.05) is 6.07 Å². The van der Waals surface area contributed by atoms with Crippen LogP contribution in [-0.2, 0) is 9.53 Å². The summed E-state index contributed by atoms with van der Waals surface area (Å²) < 4.78 is 15.3. The highest BCUT2D eigenvalue weighted by Crippen LogP contribution is 2.36. The van der Waals surface area contributed by atoms with E-state index in [1.54, 1.807) is 19.1 Å². The highest BCUT2D eigenvalue weighted by atomic mass is 35.5. The van der Waals surface area contributed by atoms with Crippen LogP contribution in [0.25, 0.3) is 6.08 Å². The summed E-state index contributed by atoms with van der Waals surface area (Å²) in [4.78, 5) is 12.1. The summed E-state index contributed by atoms with van der Waals surface area (Å²) in [5.74, 6) is 0.322. The lowest BCUT2D eigenvalue weighted by Gasteiger charge is -2.12. The van der Waals surface area contributed by atoms with Gasteiger partial charge in [0.1, 0.15) is 11.6 Å². The number of benzene rings is 1. The van der Waals surface area contributed by atoms with Gasteiger partial charge in [-0.15, -0.1) is 0 Å². The summed E-state index contributed by atoms with van der Waals surface area (Å²) in [5, 5.41) is 12.2. The molecule has 0 bridgehead atoms. The molecule has 1 N–H and O–H groups in total. The molecule has 0 saturated heterocycles. The van der Waals surface area contributed by atoms with Crippen molar-refractivity contribution in [1.82, 2.24) is 5.32 Å². The molecule has 1 amide bonds. The van der Waals surface area contributed by atoms with Crippen molar-refractivity contribution >= 4 is 23.6 Å². The molecule has 23 heavy (non-hydrogen) atoms. The first-order chi connectivity index (χ1) is 11.0. The van der Waals surface area contributed by atoms with Crippen LogP contribution in [0.5, 0.6) is 11.5 Å². The zero-order chi connectivity index (χ0) is 17.4. The number of rotatable bonds is 7. The van der Waals surface area contributed by atoms with E-state index in [1.165, 1.54) is 27.4 Å². The Morgan fingerprint density at radius 3 is 2.61 bits per heavy atom. The van der Waals surface area contributed by atoms with Gasteiger partial charge in [-0.2, -0.15) is 5.26 Å². The second-order valence-corrected chi connectivity index (χ2v) is 5.15. The van der Waals surface area contributed by atoms with Crippen LogP contribution < -0.4 is 14.8 Å². The number of carbonyl (C=O) groups excluding carboxylic acids is 1. The van der Waals surface area contributed by atoms with Crippen molar-refractivity contribution in [2.45, 2.75) is 13.0 Å². The smallest absolute Gasteiger partial charge is 0.262 e. The second-order valence-electron chi connectivity index (χ2n) is 4.74. The van der Waals surface area contributed by atoms with Gasteiger partial charge in [-0.25, -0.2) is 0 Å². The van der Waals surface area contributed by atoms with Gasteiger partial charge >= 0.3 is 0 Å². The average molecular weight is 339 g/mol. The molecular formula is C16H19ClN2O4. The van der Waals surface area contributed by atoms with Crippen molar-refractivity contribution in [1.29, 1.82) is 5.26 Å². The molecule has 0 aliphatic rings. The van der Waals surface area contributed by atoms with Crippen LogP contribution >= 0.6 is 11.6 Å². The third-order valence-electron chi connectivity index (χ3n) is 2.93. The Morgan fingerprint density at radius 1 is 1.39 bits per heavy atom. The van der Waals surface area contributed by atoms with Gasteiger partial charge in [-0.05, 0) is 30.7 Å². The zero-order valence-electron chi connectivity index (χ0n) is 13.5. The molecule has 0 aromatic heterocycles. The number of hydrogen-bond donors (Lipinski definition) is 1. The number of nitrogens with zero attached hydrogens (tertiary/aromatic N) is 1. The van der Waals surface area contributed by atoms with Gasteiger partial charge in [0.05, 0.1) is 25.8 Å². The summed E-state index contributed by atoms with van der Waals surface area (Å²) >= 11 is 6.11. The minimum Gasteiger partial charge on any atom is -0.493 e. The summed E-state index contributed by atoms with van der Waals surface area (Å²) in [6, 6.07) is 4.89. The number of ether oxygens (including phenoxy) is 3. The fraction of sp³-hybridized carbons (Fsp3) is 0.375. The summed E-state index contributed by atoms with van der Waals surface area (Å²) in [5.41, 5.74) is 0.509. The largest absolute Gasteiger partial charge is 0.493 e. The van der Waals surface area contributed by atoms with Crippen LogP contribution in [0.1, 0.15) is 12.5 Å². The van der Waals surface area contributed by atoms with Gasteiger partial charge < -0.3 is 19.5 Å². The maximum absolute atomic E-state index is 12.1. The average Bonchev–Trinajstić information content (AvgIpc) is 2.51. The number of carbonyl (C=O) groups is 1. The quantitative estimate of drug-likeness (QED) is 0.610. The molecule has 1 unspecified atom stereocenters. The Kier molecular flexibility index (Phi) is 7.39. The first kappa shape index (κ1) is 18.8. The fourth-order valence-corrected chi connectivity index (χ4v) is 2.23. The molecule has 0 aliphatic carbocycles. The Bertz CT molecular complexity index is 638. The molecule has 0 spiro atoms. The lowest BCUT2D eigenvalue weighted by atomic mass is 10.1. The van der Waals surface area contributed by atoms with E-state index < -0.39 is 5.91 Å². The highest BCUT2D eigenvalue weighted by molar-refractivity contribution is 6.32. The third kappa shape index (κ3) is 5.16. The molecule has 1 aromatic carbocycles. The standard InChI is InChI=1S/C16H19ClN2O4/c1-10(9-21-2)19-16(20)12(8-18)5-11-6-13(17)15(23-4)14(7-11)22-3/h5-7,10H,9H2,1-4H3,(H,19,20)/b12-5-. The molecular weight excluding hydrogens is 320 g/mol. The topological polar surface area (TPSA) is 80.6 Å². The molecule has 7 heteroatoms. The van der Waals surface area contributed by atoms with Crippen molar-refractivity contribution in [2.24, 2.45) is 0 Å². The van der Waals surface area contributed by atoms with E-state index >= 15 is 0 Å². The predicted molar refractivity (Wildman–Crippen MR) is 87.6 cm³/mol. The minimum atomic E-state index is -0.483. The first-order valence-corrected chi connectivity index (χ1v) is 7.17. The molecule has 1 aromatic rings. The van der Waals surface area contributed by atoms with Crippen LogP contribution in [0, 0.1) is 11.3 Å². The van der Waals surface area contributed by atoms with E-state index in [4.69, 9.17) is 25.8 Å². The Balaban J connectivity index is 3.09. The van der Waals surface area contributed by atoms with Gasteiger partial charge in [0.2, 0.25) is 0 Å². The molecule has 0 aliphatic heterocycles. The van der Waals surface area contributed by atoms with Crippen molar-refractivity contribution in [3.63, 3.8) is 0 Å². The molecule has 0 saturated carbocycles. The van der Waals surface area contributed by atoms with Crippen LogP contribution in [0.15, 0.2) is 17.7 Å². The molecule has 6 nitrogen and oxygen atoms in total.